The summed E-state index contributed by atoms with van der Waals surface area (Å²) in [6, 6.07) is 0.720. The van der Waals surface area contributed by atoms with E-state index < -0.39 is 0 Å². The van der Waals surface area contributed by atoms with Gasteiger partial charge in [0, 0.05) is 19.8 Å². The number of unbranched alkanes of at least 4 members (excludes halogenated alkanes) is 2. The van der Waals surface area contributed by atoms with Gasteiger partial charge >= 0.3 is 0 Å². The molecule has 0 saturated heterocycles. The largest absolute Gasteiger partial charge is 0.385 e. The molecule has 1 atom stereocenters. The van der Waals surface area contributed by atoms with E-state index >= 15 is 0 Å². The number of ether oxygens (including phenoxy) is 1. The van der Waals surface area contributed by atoms with E-state index in [-0.39, 0.29) is 0 Å². The van der Waals surface area contributed by atoms with Crippen LogP contribution in [0.2, 0.25) is 0 Å². The molecule has 0 bridgehead atoms. The fourth-order valence-corrected chi connectivity index (χ4v) is 1.97. The molecule has 0 radical (unpaired) electrons. The fourth-order valence-electron chi connectivity index (χ4n) is 1.97. The highest BCUT2D eigenvalue weighted by molar-refractivity contribution is 4.67. The van der Waals surface area contributed by atoms with Crippen LogP contribution in [-0.2, 0) is 4.74 Å². The van der Waals surface area contributed by atoms with Gasteiger partial charge < -0.3 is 10.1 Å². The molecule has 0 heterocycles. The van der Waals surface area contributed by atoms with Crippen molar-refractivity contribution in [1.29, 1.82) is 0 Å². The van der Waals surface area contributed by atoms with E-state index in [1.54, 1.807) is 7.11 Å². The lowest BCUT2D eigenvalue weighted by Crippen LogP contribution is -2.30. The minimum atomic E-state index is 0.720. The first kappa shape index (κ1) is 14.9. The van der Waals surface area contributed by atoms with Crippen LogP contribution < -0.4 is 5.32 Å². The van der Waals surface area contributed by atoms with Crippen LogP contribution in [0.5, 0.6) is 0 Å². The summed E-state index contributed by atoms with van der Waals surface area (Å²) in [6.45, 7) is 8.80. The van der Waals surface area contributed by atoms with Crippen molar-refractivity contribution in [2.45, 2.75) is 58.9 Å². The molecule has 0 saturated carbocycles. The average molecular weight is 215 g/mol. The fraction of sp³-hybridized carbons (Fsp3) is 1.00. The summed E-state index contributed by atoms with van der Waals surface area (Å²) in [7, 11) is 1.78. The van der Waals surface area contributed by atoms with Crippen LogP contribution in [0.3, 0.4) is 0 Å². The van der Waals surface area contributed by atoms with Crippen LogP contribution in [0, 0.1) is 5.92 Å². The number of hydrogen-bond donors (Lipinski definition) is 1. The van der Waals surface area contributed by atoms with E-state index in [1.807, 2.05) is 0 Å². The molecule has 0 aliphatic carbocycles. The van der Waals surface area contributed by atoms with Gasteiger partial charge in [0.05, 0.1) is 0 Å². The summed E-state index contributed by atoms with van der Waals surface area (Å²) in [5, 5.41) is 3.57. The Bertz CT molecular complexity index is 126. The maximum atomic E-state index is 5.05. The van der Waals surface area contributed by atoms with Crippen molar-refractivity contribution in [3.05, 3.63) is 0 Å². The van der Waals surface area contributed by atoms with E-state index in [0.717, 1.165) is 25.1 Å². The minimum Gasteiger partial charge on any atom is -0.385 e. The Labute approximate surface area is 95.8 Å². The van der Waals surface area contributed by atoms with Crippen molar-refractivity contribution in [2.24, 2.45) is 5.92 Å². The summed E-state index contributed by atoms with van der Waals surface area (Å²) >= 11 is 0. The van der Waals surface area contributed by atoms with Crippen molar-refractivity contribution in [3.8, 4) is 0 Å². The first-order chi connectivity index (χ1) is 7.20. The lowest BCUT2D eigenvalue weighted by Gasteiger charge is -2.19. The van der Waals surface area contributed by atoms with Crippen molar-refractivity contribution in [2.75, 3.05) is 20.3 Å². The second-order valence-corrected chi connectivity index (χ2v) is 4.73. The Hall–Kier alpha value is -0.0800. The van der Waals surface area contributed by atoms with Crippen molar-refractivity contribution in [3.63, 3.8) is 0 Å². The number of nitrogens with one attached hydrogen (secondary N) is 1. The normalized spacial score (nSPS) is 13.4. The lowest BCUT2D eigenvalue weighted by atomic mass is 9.98. The molecule has 0 aromatic rings. The summed E-state index contributed by atoms with van der Waals surface area (Å²) in [5.41, 5.74) is 0. The molecule has 0 amide bonds. The average Bonchev–Trinajstić information content (AvgIpc) is 2.17. The Kier molecular flexibility index (Phi) is 10.4. The Morgan fingerprint density at radius 1 is 1.13 bits per heavy atom. The van der Waals surface area contributed by atoms with Crippen molar-refractivity contribution >= 4 is 0 Å². The smallest absolute Gasteiger partial charge is 0.0462 e. The van der Waals surface area contributed by atoms with E-state index in [2.05, 4.69) is 26.1 Å². The molecular formula is C13H29NO. The van der Waals surface area contributed by atoms with Crippen LogP contribution in [0.15, 0.2) is 0 Å². The highest BCUT2D eigenvalue weighted by Crippen LogP contribution is 2.11. The first-order valence-electron chi connectivity index (χ1n) is 6.43. The molecule has 2 nitrogen and oxygen atoms in total. The van der Waals surface area contributed by atoms with E-state index in [1.165, 1.54) is 32.1 Å². The zero-order valence-corrected chi connectivity index (χ0v) is 11.0. The van der Waals surface area contributed by atoms with Gasteiger partial charge in [-0.1, -0.05) is 33.6 Å². The van der Waals surface area contributed by atoms with E-state index in [4.69, 9.17) is 4.74 Å². The molecule has 0 aromatic heterocycles. The quantitative estimate of drug-likeness (QED) is 0.565. The predicted octanol–water partition coefficient (Wildman–Crippen LogP) is 3.22. The molecular weight excluding hydrogens is 186 g/mol. The van der Waals surface area contributed by atoms with Gasteiger partial charge in [0.25, 0.3) is 0 Å². The van der Waals surface area contributed by atoms with Crippen molar-refractivity contribution in [1.82, 2.24) is 5.32 Å². The second kappa shape index (κ2) is 10.4. The van der Waals surface area contributed by atoms with Gasteiger partial charge in [-0.05, 0) is 31.7 Å². The van der Waals surface area contributed by atoms with Gasteiger partial charge in [-0.25, -0.2) is 0 Å². The highest BCUT2D eigenvalue weighted by atomic mass is 16.5. The number of hydrogen-bond acceptors (Lipinski definition) is 2. The van der Waals surface area contributed by atoms with Gasteiger partial charge in [0.2, 0.25) is 0 Å². The third-order valence-electron chi connectivity index (χ3n) is 2.65. The highest BCUT2D eigenvalue weighted by Gasteiger charge is 2.08. The number of methoxy groups -OCH3 is 1. The zero-order valence-electron chi connectivity index (χ0n) is 11.0. The van der Waals surface area contributed by atoms with E-state index in [0.29, 0.717) is 0 Å². The Morgan fingerprint density at radius 2 is 1.87 bits per heavy atom. The molecule has 92 valence electrons. The Morgan fingerprint density at radius 3 is 2.40 bits per heavy atom. The molecule has 0 aromatic carbocycles. The molecule has 0 spiro atoms. The van der Waals surface area contributed by atoms with Gasteiger partial charge in [-0.2, -0.15) is 0 Å². The number of rotatable bonds is 10. The monoisotopic (exact) mass is 215 g/mol. The minimum absolute atomic E-state index is 0.720. The molecule has 1 N–H and O–H groups in total. The zero-order chi connectivity index (χ0) is 11.5. The summed E-state index contributed by atoms with van der Waals surface area (Å²) in [4.78, 5) is 0. The molecule has 1 unspecified atom stereocenters. The lowest BCUT2D eigenvalue weighted by molar-refractivity contribution is 0.191. The topological polar surface area (TPSA) is 21.3 Å². The molecule has 0 aliphatic rings. The molecule has 0 aliphatic heterocycles. The predicted molar refractivity (Wildman–Crippen MR) is 67.3 cm³/mol. The standard InChI is InChI=1S/C13H29NO/c1-5-14-13(11-12(2)3)9-7-6-8-10-15-4/h12-14H,5-11H2,1-4H3. The van der Waals surface area contributed by atoms with Gasteiger partial charge in [-0.15, -0.1) is 0 Å². The third-order valence-corrected chi connectivity index (χ3v) is 2.65. The van der Waals surface area contributed by atoms with Crippen LogP contribution in [-0.4, -0.2) is 26.3 Å². The Balaban J connectivity index is 3.47. The molecule has 0 rings (SSSR count). The van der Waals surface area contributed by atoms with Crippen LogP contribution in [0.1, 0.15) is 52.9 Å². The maximum absolute atomic E-state index is 5.05. The summed E-state index contributed by atoms with van der Waals surface area (Å²) < 4.78 is 5.05. The van der Waals surface area contributed by atoms with Crippen LogP contribution in [0.25, 0.3) is 0 Å². The van der Waals surface area contributed by atoms with Crippen LogP contribution >= 0.6 is 0 Å². The third kappa shape index (κ3) is 10.2. The molecule has 0 fully saturated rings. The van der Waals surface area contributed by atoms with Crippen LogP contribution in [0.4, 0.5) is 0 Å². The second-order valence-electron chi connectivity index (χ2n) is 4.73. The van der Waals surface area contributed by atoms with Gasteiger partial charge in [0.15, 0.2) is 0 Å². The van der Waals surface area contributed by atoms with E-state index in [9.17, 15) is 0 Å². The summed E-state index contributed by atoms with van der Waals surface area (Å²) in [5.74, 6) is 0.799. The van der Waals surface area contributed by atoms with Crippen molar-refractivity contribution < 1.29 is 4.74 Å². The molecule has 15 heavy (non-hydrogen) atoms. The van der Waals surface area contributed by atoms with Gasteiger partial charge in [0.1, 0.15) is 0 Å². The summed E-state index contributed by atoms with van der Waals surface area (Å²) in [6.07, 6.45) is 6.45. The molecule has 2 heteroatoms. The first-order valence-corrected chi connectivity index (χ1v) is 6.43. The SMILES string of the molecule is CCNC(CCCCCOC)CC(C)C. The maximum Gasteiger partial charge on any atom is 0.0462 e. The van der Waals surface area contributed by atoms with Gasteiger partial charge in [-0.3, -0.25) is 0 Å².